The van der Waals surface area contributed by atoms with Gasteiger partial charge in [-0.25, -0.2) is 9.37 Å². The summed E-state index contributed by atoms with van der Waals surface area (Å²) < 4.78 is 13.9. The van der Waals surface area contributed by atoms with Gasteiger partial charge in [0.1, 0.15) is 4.60 Å². The molecule has 1 aliphatic rings. The average Bonchev–Trinajstić information content (AvgIpc) is 2.32. The molecule has 2 heterocycles. The molecule has 1 aliphatic heterocycles. The maximum Gasteiger partial charge on any atom is 0.256 e. The van der Waals surface area contributed by atoms with Crippen LogP contribution in [0.3, 0.4) is 0 Å². The van der Waals surface area contributed by atoms with Crippen molar-refractivity contribution in [3.8, 4) is 0 Å². The van der Waals surface area contributed by atoms with Crippen molar-refractivity contribution in [2.75, 3.05) is 13.1 Å². The van der Waals surface area contributed by atoms with E-state index in [4.69, 9.17) is 0 Å². The first-order chi connectivity index (χ1) is 7.68. The topological polar surface area (TPSA) is 33.2 Å². The van der Waals surface area contributed by atoms with Crippen LogP contribution in [0.1, 0.15) is 29.6 Å². The second kappa shape index (κ2) is 4.91. The Morgan fingerprint density at radius 1 is 1.38 bits per heavy atom. The minimum atomic E-state index is -0.557. The van der Waals surface area contributed by atoms with E-state index in [1.165, 1.54) is 6.07 Å². The molecule has 1 saturated heterocycles. The Labute approximate surface area is 102 Å². The monoisotopic (exact) mass is 286 g/mol. The highest BCUT2D eigenvalue weighted by Gasteiger charge is 2.21. The number of halogens is 2. The molecule has 0 unspecified atom stereocenters. The molecule has 0 saturated carbocycles. The van der Waals surface area contributed by atoms with Crippen LogP contribution in [0.4, 0.5) is 4.39 Å². The smallest absolute Gasteiger partial charge is 0.256 e. The van der Waals surface area contributed by atoms with E-state index in [2.05, 4.69) is 20.9 Å². The third kappa shape index (κ3) is 2.40. The number of carbonyl (C=O) groups excluding carboxylic acids is 1. The SMILES string of the molecule is O=C(c1cc(Br)ncc1F)N1CCCCC1. The van der Waals surface area contributed by atoms with Crippen LogP contribution in [0, 0.1) is 5.82 Å². The Hall–Kier alpha value is -0.970. The number of likely N-dealkylation sites (tertiary alicyclic amines) is 1. The number of rotatable bonds is 1. The Kier molecular flexibility index (Phi) is 3.53. The molecule has 3 nitrogen and oxygen atoms in total. The van der Waals surface area contributed by atoms with E-state index >= 15 is 0 Å². The molecule has 0 bridgehead atoms. The lowest BCUT2D eigenvalue weighted by Crippen LogP contribution is -2.36. The Morgan fingerprint density at radius 2 is 2.06 bits per heavy atom. The second-order valence-electron chi connectivity index (χ2n) is 3.84. The molecule has 5 heteroatoms. The third-order valence-electron chi connectivity index (χ3n) is 2.70. The molecular weight excluding hydrogens is 275 g/mol. The Balaban J connectivity index is 2.22. The quantitative estimate of drug-likeness (QED) is 0.744. The first-order valence-electron chi connectivity index (χ1n) is 5.29. The van der Waals surface area contributed by atoms with E-state index in [0.717, 1.165) is 38.5 Å². The fourth-order valence-electron chi connectivity index (χ4n) is 1.84. The minimum absolute atomic E-state index is 0.101. The number of amides is 1. The Morgan fingerprint density at radius 3 is 2.75 bits per heavy atom. The highest BCUT2D eigenvalue weighted by atomic mass is 79.9. The molecule has 16 heavy (non-hydrogen) atoms. The molecule has 0 aromatic carbocycles. The van der Waals surface area contributed by atoms with Crippen molar-refractivity contribution in [1.29, 1.82) is 0 Å². The van der Waals surface area contributed by atoms with E-state index in [0.29, 0.717) is 4.60 Å². The molecule has 0 aliphatic carbocycles. The van der Waals surface area contributed by atoms with Gasteiger partial charge < -0.3 is 4.90 Å². The summed E-state index contributed by atoms with van der Waals surface area (Å²) in [4.78, 5) is 17.5. The fourth-order valence-corrected chi connectivity index (χ4v) is 2.18. The van der Waals surface area contributed by atoms with Gasteiger partial charge in [0.15, 0.2) is 5.82 Å². The van der Waals surface area contributed by atoms with Crippen LogP contribution in [0.2, 0.25) is 0 Å². The van der Waals surface area contributed by atoms with Gasteiger partial charge in [-0.05, 0) is 41.3 Å². The lowest BCUT2D eigenvalue weighted by molar-refractivity contribution is 0.0719. The predicted molar refractivity (Wildman–Crippen MR) is 61.6 cm³/mol. The molecule has 1 fully saturated rings. The van der Waals surface area contributed by atoms with Crippen molar-refractivity contribution in [2.45, 2.75) is 19.3 Å². The summed E-state index contributed by atoms with van der Waals surface area (Å²) in [6.07, 6.45) is 4.22. The van der Waals surface area contributed by atoms with Gasteiger partial charge in [0, 0.05) is 13.1 Å². The highest BCUT2D eigenvalue weighted by Crippen LogP contribution is 2.17. The zero-order valence-corrected chi connectivity index (χ0v) is 10.3. The standard InChI is InChI=1S/C11H12BrFN2O/c12-10-6-8(9(13)7-14-10)11(16)15-4-2-1-3-5-15/h6-7H,1-5H2. The van der Waals surface area contributed by atoms with E-state index in [1.807, 2.05) is 0 Å². The van der Waals surface area contributed by atoms with Crippen molar-refractivity contribution >= 4 is 21.8 Å². The predicted octanol–water partition coefficient (Wildman–Crippen LogP) is 2.61. The van der Waals surface area contributed by atoms with Crippen LogP contribution in [0.15, 0.2) is 16.9 Å². The summed E-state index contributed by atoms with van der Waals surface area (Å²) in [6, 6.07) is 1.44. The van der Waals surface area contributed by atoms with Crippen LogP contribution in [-0.4, -0.2) is 28.9 Å². The summed E-state index contributed by atoms with van der Waals surface area (Å²) in [6.45, 7) is 1.44. The van der Waals surface area contributed by atoms with E-state index in [-0.39, 0.29) is 11.5 Å². The van der Waals surface area contributed by atoms with Crippen molar-refractivity contribution in [3.05, 3.63) is 28.2 Å². The summed E-state index contributed by atoms with van der Waals surface area (Å²) in [7, 11) is 0. The number of carbonyl (C=O) groups is 1. The van der Waals surface area contributed by atoms with Gasteiger partial charge in [-0.1, -0.05) is 0 Å². The van der Waals surface area contributed by atoms with Gasteiger partial charge >= 0.3 is 0 Å². The molecule has 0 spiro atoms. The molecule has 2 rings (SSSR count). The normalized spacial score (nSPS) is 16.2. The maximum atomic E-state index is 13.4. The number of hydrogen-bond donors (Lipinski definition) is 0. The fraction of sp³-hybridized carbons (Fsp3) is 0.455. The number of hydrogen-bond acceptors (Lipinski definition) is 2. The van der Waals surface area contributed by atoms with Crippen LogP contribution >= 0.6 is 15.9 Å². The lowest BCUT2D eigenvalue weighted by Gasteiger charge is -2.26. The summed E-state index contributed by atoms with van der Waals surface area (Å²) >= 11 is 3.14. The Bertz CT molecular complexity index is 405. The van der Waals surface area contributed by atoms with Crippen LogP contribution in [-0.2, 0) is 0 Å². The van der Waals surface area contributed by atoms with Gasteiger partial charge in [-0.3, -0.25) is 4.79 Å². The van der Waals surface area contributed by atoms with Gasteiger partial charge in [0.05, 0.1) is 11.8 Å². The number of aromatic nitrogens is 1. The maximum absolute atomic E-state index is 13.4. The number of piperidine rings is 1. The number of nitrogens with zero attached hydrogens (tertiary/aromatic N) is 2. The summed E-state index contributed by atoms with van der Waals surface area (Å²) in [5.41, 5.74) is 0.101. The molecule has 86 valence electrons. The molecule has 1 aromatic rings. The zero-order valence-electron chi connectivity index (χ0n) is 8.75. The second-order valence-corrected chi connectivity index (χ2v) is 4.65. The van der Waals surface area contributed by atoms with E-state index in [9.17, 15) is 9.18 Å². The average molecular weight is 287 g/mol. The van der Waals surface area contributed by atoms with Gasteiger partial charge in [0.25, 0.3) is 5.91 Å². The largest absolute Gasteiger partial charge is 0.339 e. The molecule has 1 aromatic heterocycles. The van der Waals surface area contributed by atoms with E-state index < -0.39 is 5.82 Å². The van der Waals surface area contributed by atoms with Gasteiger partial charge in [-0.15, -0.1) is 0 Å². The minimum Gasteiger partial charge on any atom is -0.339 e. The highest BCUT2D eigenvalue weighted by molar-refractivity contribution is 9.10. The third-order valence-corrected chi connectivity index (χ3v) is 3.13. The van der Waals surface area contributed by atoms with Crippen molar-refractivity contribution in [3.63, 3.8) is 0 Å². The van der Waals surface area contributed by atoms with Crippen molar-refractivity contribution in [2.24, 2.45) is 0 Å². The van der Waals surface area contributed by atoms with Gasteiger partial charge in [0.2, 0.25) is 0 Å². The number of pyridine rings is 1. The first-order valence-corrected chi connectivity index (χ1v) is 6.08. The van der Waals surface area contributed by atoms with Crippen LogP contribution < -0.4 is 0 Å². The zero-order chi connectivity index (χ0) is 11.5. The van der Waals surface area contributed by atoms with Crippen molar-refractivity contribution < 1.29 is 9.18 Å². The summed E-state index contributed by atoms with van der Waals surface area (Å²) in [5.74, 6) is -0.793. The molecule has 1 amide bonds. The molecule has 0 radical (unpaired) electrons. The van der Waals surface area contributed by atoms with Crippen LogP contribution in [0.25, 0.3) is 0 Å². The van der Waals surface area contributed by atoms with Gasteiger partial charge in [-0.2, -0.15) is 0 Å². The molecule has 0 N–H and O–H groups in total. The lowest BCUT2D eigenvalue weighted by atomic mass is 10.1. The summed E-state index contributed by atoms with van der Waals surface area (Å²) in [5, 5.41) is 0. The van der Waals surface area contributed by atoms with Crippen LogP contribution in [0.5, 0.6) is 0 Å². The van der Waals surface area contributed by atoms with Crippen molar-refractivity contribution in [1.82, 2.24) is 9.88 Å². The molecular formula is C11H12BrFN2O. The molecule has 0 atom stereocenters. The van der Waals surface area contributed by atoms with E-state index in [1.54, 1.807) is 4.90 Å². The first kappa shape index (κ1) is 11.5.